The second-order valence-corrected chi connectivity index (χ2v) is 9.81. The minimum Gasteiger partial charge on any atom is -0.349 e. The highest BCUT2D eigenvalue weighted by Gasteiger charge is 2.31. The smallest absolute Gasteiger partial charge is 0.254 e. The van der Waals surface area contributed by atoms with Gasteiger partial charge in [-0.05, 0) is 36.5 Å². The van der Waals surface area contributed by atoms with E-state index in [1.807, 2.05) is 18.2 Å². The van der Waals surface area contributed by atoms with Gasteiger partial charge in [0.1, 0.15) is 0 Å². The lowest BCUT2D eigenvalue weighted by atomic mass is 9.76. The van der Waals surface area contributed by atoms with Crippen molar-refractivity contribution in [1.29, 1.82) is 0 Å². The predicted molar refractivity (Wildman–Crippen MR) is 111 cm³/mol. The Morgan fingerprint density at radius 3 is 2.63 bits per heavy atom. The van der Waals surface area contributed by atoms with Crippen LogP contribution in [-0.4, -0.2) is 46.4 Å². The largest absolute Gasteiger partial charge is 0.349 e. The maximum absolute atomic E-state index is 12.5. The first-order chi connectivity index (χ1) is 14.3. The summed E-state index contributed by atoms with van der Waals surface area (Å²) in [6, 6.07) is 7.96. The molecule has 0 unspecified atom stereocenters. The lowest BCUT2D eigenvalue weighted by molar-refractivity contribution is 0.0909. The Balaban J connectivity index is 1.31. The molecule has 1 fully saturated rings. The first kappa shape index (κ1) is 20.5. The molecule has 0 spiro atoms. The van der Waals surface area contributed by atoms with Gasteiger partial charge in [0.25, 0.3) is 5.91 Å². The van der Waals surface area contributed by atoms with Gasteiger partial charge in [-0.3, -0.25) is 9.48 Å². The minimum atomic E-state index is -3.44. The van der Waals surface area contributed by atoms with Gasteiger partial charge in [-0.1, -0.05) is 23.7 Å². The van der Waals surface area contributed by atoms with Gasteiger partial charge >= 0.3 is 0 Å². The average Bonchev–Trinajstić information content (AvgIpc) is 3.12. The fourth-order valence-corrected chi connectivity index (χ4v) is 4.09. The van der Waals surface area contributed by atoms with Crippen molar-refractivity contribution in [3.8, 4) is 0 Å². The van der Waals surface area contributed by atoms with E-state index in [4.69, 9.17) is 11.6 Å². The Morgan fingerprint density at radius 1 is 1.23 bits per heavy atom. The Hall–Kier alpha value is -2.78. The van der Waals surface area contributed by atoms with Crippen LogP contribution >= 0.6 is 11.6 Å². The number of hydrogen-bond donors (Lipinski definition) is 1. The summed E-state index contributed by atoms with van der Waals surface area (Å²) in [5.74, 6) is 0.242. The molecule has 156 valence electrons. The van der Waals surface area contributed by atoms with Crippen LogP contribution in [0.2, 0.25) is 5.02 Å². The first-order valence-electron chi connectivity index (χ1n) is 9.38. The predicted octanol–water partition coefficient (Wildman–Crippen LogP) is 2.45. The van der Waals surface area contributed by atoms with E-state index in [0.717, 1.165) is 24.1 Å². The summed E-state index contributed by atoms with van der Waals surface area (Å²) in [5, 5.41) is 7.73. The Kier molecular flexibility index (Phi) is 5.57. The van der Waals surface area contributed by atoms with Gasteiger partial charge in [0, 0.05) is 41.5 Å². The van der Waals surface area contributed by atoms with Gasteiger partial charge in [-0.15, -0.1) is 0 Å². The SMILES string of the molecule is CS(=O)(=O)c1ncc(Cn2cc(C(=O)NC3CC(c4cccc(Cl)c4)C3)cn2)cn1. The van der Waals surface area contributed by atoms with E-state index < -0.39 is 9.84 Å². The lowest BCUT2D eigenvalue weighted by Gasteiger charge is -2.36. The van der Waals surface area contributed by atoms with Crippen LogP contribution in [0.25, 0.3) is 0 Å². The number of hydrogen-bond acceptors (Lipinski definition) is 6. The number of halogens is 1. The molecule has 1 saturated carbocycles. The Morgan fingerprint density at radius 2 is 1.97 bits per heavy atom. The number of amides is 1. The maximum atomic E-state index is 12.5. The highest BCUT2D eigenvalue weighted by molar-refractivity contribution is 7.90. The van der Waals surface area contributed by atoms with Crippen LogP contribution in [0.4, 0.5) is 0 Å². The molecule has 0 aliphatic heterocycles. The molecule has 0 atom stereocenters. The van der Waals surface area contributed by atoms with Crippen molar-refractivity contribution >= 4 is 27.3 Å². The van der Waals surface area contributed by atoms with Gasteiger partial charge in [-0.25, -0.2) is 18.4 Å². The molecular weight excluding hydrogens is 426 g/mol. The van der Waals surface area contributed by atoms with Gasteiger partial charge in [0.15, 0.2) is 0 Å². The number of benzene rings is 1. The summed E-state index contributed by atoms with van der Waals surface area (Å²) in [4.78, 5) is 20.2. The topological polar surface area (TPSA) is 107 Å². The number of carbonyl (C=O) groups is 1. The molecule has 3 aromatic rings. The van der Waals surface area contributed by atoms with Crippen LogP contribution < -0.4 is 5.32 Å². The molecule has 4 rings (SSSR count). The van der Waals surface area contributed by atoms with Crippen molar-refractivity contribution < 1.29 is 13.2 Å². The third kappa shape index (κ3) is 4.68. The number of rotatable bonds is 6. The molecule has 0 bridgehead atoms. The fourth-order valence-electron chi connectivity index (χ4n) is 3.41. The van der Waals surface area contributed by atoms with E-state index in [2.05, 4.69) is 26.4 Å². The summed E-state index contributed by atoms with van der Waals surface area (Å²) in [5.41, 5.74) is 2.35. The quantitative estimate of drug-likeness (QED) is 0.584. The van der Waals surface area contributed by atoms with Crippen LogP contribution in [0.3, 0.4) is 0 Å². The van der Waals surface area contributed by atoms with E-state index >= 15 is 0 Å². The highest BCUT2D eigenvalue weighted by atomic mass is 35.5. The summed E-state index contributed by atoms with van der Waals surface area (Å²) in [6.45, 7) is 0.331. The van der Waals surface area contributed by atoms with Crippen LogP contribution in [0, 0.1) is 0 Å². The Bertz CT molecular complexity index is 1170. The van der Waals surface area contributed by atoms with Crippen molar-refractivity contribution in [2.45, 2.75) is 36.5 Å². The van der Waals surface area contributed by atoms with Crippen molar-refractivity contribution in [2.24, 2.45) is 0 Å². The van der Waals surface area contributed by atoms with Crippen molar-refractivity contribution in [3.63, 3.8) is 0 Å². The summed E-state index contributed by atoms with van der Waals surface area (Å²) in [7, 11) is -3.44. The molecule has 0 saturated heterocycles. The summed E-state index contributed by atoms with van der Waals surface area (Å²) < 4.78 is 24.4. The third-order valence-corrected chi connectivity index (χ3v) is 6.16. The van der Waals surface area contributed by atoms with Gasteiger partial charge in [0.05, 0.1) is 18.3 Å². The van der Waals surface area contributed by atoms with E-state index in [1.165, 1.54) is 24.2 Å². The number of nitrogens with one attached hydrogen (secondary N) is 1. The number of carbonyl (C=O) groups excluding carboxylic acids is 1. The van der Waals surface area contributed by atoms with Crippen LogP contribution in [-0.2, 0) is 16.4 Å². The molecule has 1 aliphatic carbocycles. The van der Waals surface area contributed by atoms with Crippen LogP contribution in [0.1, 0.15) is 40.2 Å². The molecule has 0 radical (unpaired) electrons. The van der Waals surface area contributed by atoms with Gasteiger partial charge in [0.2, 0.25) is 15.0 Å². The number of nitrogens with zero attached hydrogens (tertiary/aromatic N) is 4. The zero-order valence-electron chi connectivity index (χ0n) is 16.2. The van der Waals surface area contributed by atoms with Crippen molar-refractivity contribution in [1.82, 2.24) is 25.1 Å². The molecule has 8 nitrogen and oxygen atoms in total. The standard InChI is InChI=1S/C20H20ClN5O3S/c1-30(28,29)20-22-8-13(9-23-20)11-26-12-16(10-24-26)19(27)25-18-6-15(7-18)14-3-2-4-17(21)5-14/h2-5,8-10,12,15,18H,6-7,11H2,1H3,(H,25,27). The Labute approximate surface area is 179 Å². The second kappa shape index (κ2) is 8.16. The normalized spacial score (nSPS) is 18.6. The summed E-state index contributed by atoms with van der Waals surface area (Å²) >= 11 is 6.05. The maximum Gasteiger partial charge on any atom is 0.254 e. The van der Waals surface area contributed by atoms with Crippen molar-refractivity contribution in [2.75, 3.05) is 6.26 Å². The van der Waals surface area contributed by atoms with E-state index in [9.17, 15) is 13.2 Å². The lowest BCUT2D eigenvalue weighted by Crippen LogP contribution is -2.43. The zero-order chi connectivity index (χ0) is 21.3. The molecule has 30 heavy (non-hydrogen) atoms. The third-order valence-electron chi connectivity index (χ3n) is 5.05. The molecule has 2 aromatic heterocycles. The van der Waals surface area contributed by atoms with Gasteiger partial charge < -0.3 is 5.32 Å². The van der Waals surface area contributed by atoms with Crippen LogP contribution in [0.15, 0.2) is 54.2 Å². The summed E-state index contributed by atoms with van der Waals surface area (Å²) in [6.07, 6.45) is 8.85. The first-order valence-corrected chi connectivity index (χ1v) is 11.6. The monoisotopic (exact) mass is 445 g/mol. The minimum absolute atomic E-state index is 0.127. The van der Waals surface area contributed by atoms with Crippen molar-refractivity contribution in [3.05, 3.63) is 70.8 Å². The second-order valence-electron chi connectivity index (χ2n) is 7.47. The van der Waals surface area contributed by atoms with E-state index in [0.29, 0.717) is 23.6 Å². The highest BCUT2D eigenvalue weighted by Crippen LogP contribution is 2.37. The fraction of sp³-hybridized carbons (Fsp3) is 0.300. The number of aromatic nitrogens is 4. The molecule has 10 heteroatoms. The average molecular weight is 446 g/mol. The molecule has 1 N–H and O–H groups in total. The molecule has 1 aromatic carbocycles. The number of sulfone groups is 1. The molecular formula is C20H20ClN5O3S. The van der Waals surface area contributed by atoms with E-state index in [1.54, 1.807) is 10.9 Å². The molecule has 2 heterocycles. The molecule has 1 aliphatic rings. The van der Waals surface area contributed by atoms with E-state index in [-0.39, 0.29) is 17.1 Å². The zero-order valence-corrected chi connectivity index (χ0v) is 17.8. The molecule has 1 amide bonds. The van der Waals surface area contributed by atoms with Gasteiger partial charge in [-0.2, -0.15) is 5.10 Å². The van der Waals surface area contributed by atoms with Crippen LogP contribution in [0.5, 0.6) is 0 Å².